The fourth-order valence-electron chi connectivity index (χ4n) is 10.7. The number of para-hydroxylation sites is 2. The maximum atomic E-state index is 5.43. The Bertz CT molecular complexity index is 3790. The average Bonchev–Trinajstić information content (AvgIpc) is 3.72. The summed E-state index contributed by atoms with van der Waals surface area (Å²) in [6.07, 6.45) is 0. The molecule has 0 aliphatic heterocycles. The summed E-state index contributed by atoms with van der Waals surface area (Å²) >= 11 is 0. The van der Waals surface area contributed by atoms with Crippen molar-refractivity contribution in [2.75, 3.05) is 0 Å². The van der Waals surface area contributed by atoms with E-state index in [4.69, 9.17) is 15.0 Å². The van der Waals surface area contributed by atoms with Gasteiger partial charge in [0.15, 0.2) is 5.82 Å². The van der Waals surface area contributed by atoms with Gasteiger partial charge in [-0.25, -0.2) is 15.0 Å². The van der Waals surface area contributed by atoms with Crippen LogP contribution >= 0.6 is 0 Å². The molecule has 0 atom stereocenters. The Morgan fingerprint density at radius 2 is 0.776 bits per heavy atom. The van der Waals surface area contributed by atoms with E-state index < -0.39 is 5.41 Å². The fourth-order valence-corrected chi connectivity index (χ4v) is 10.7. The number of rotatable bonds is 7. The van der Waals surface area contributed by atoms with E-state index in [1.54, 1.807) is 0 Å². The minimum Gasteiger partial charge on any atom is -0.247 e. The normalized spacial score (nSPS) is 12.6. The number of pyridine rings is 1. The van der Waals surface area contributed by atoms with E-state index in [9.17, 15) is 0 Å². The Morgan fingerprint density at radius 1 is 0.284 bits per heavy atom. The smallest absolute Gasteiger partial charge is 0.160 e. The molecule has 0 saturated carbocycles. The maximum absolute atomic E-state index is 5.43. The fraction of sp³-hybridized carbons (Fsp3) is 0.0156. The molecule has 13 rings (SSSR count). The summed E-state index contributed by atoms with van der Waals surface area (Å²) in [7, 11) is 0. The third-order valence-corrected chi connectivity index (χ3v) is 13.8. The van der Waals surface area contributed by atoms with E-state index in [0.29, 0.717) is 5.82 Å². The molecule has 0 N–H and O–H groups in total. The van der Waals surface area contributed by atoms with Crippen LogP contribution in [0.1, 0.15) is 22.3 Å². The standard InChI is InChI=1S/C64H41N3/c1-4-17-42(18-5-1)43-31-35-45(36-32-43)61-53-27-12-15-30-58(53)66-63(67-61)48-20-16-19-47(41-48)44-33-37-46(38-34-44)62-54-39-40-56-60(59(54)52-26-11-14-29-57(52)65-62)51-25-10-13-28-55(51)64(56,49-21-6-2-7-22-49)50-23-8-3-9-24-50/h1-41H. The molecule has 0 radical (unpaired) electrons. The van der Waals surface area contributed by atoms with Gasteiger partial charge in [0.2, 0.25) is 0 Å². The van der Waals surface area contributed by atoms with Crippen molar-refractivity contribution in [1.82, 2.24) is 15.0 Å². The van der Waals surface area contributed by atoms with Crippen molar-refractivity contribution in [3.8, 4) is 67.3 Å². The van der Waals surface area contributed by atoms with Gasteiger partial charge in [-0.2, -0.15) is 0 Å². The SMILES string of the molecule is c1ccc(-c2ccc(-c3nc(-c4cccc(-c5ccc(-c6nc7ccccc7c7c8c(ccc67)C(c6ccccc6)(c6ccccc6)c6ccccc6-8)cc5)c4)nc4ccccc34)cc2)cc1. The third-order valence-electron chi connectivity index (χ3n) is 13.8. The van der Waals surface area contributed by atoms with Crippen LogP contribution in [0.4, 0.5) is 0 Å². The van der Waals surface area contributed by atoms with Crippen LogP contribution in [-0.4, -0.2) is 15.0 Å². The Morgan fingerprint density at radius 3 is 1.46 bits per heavy atom. The molecule has 10 aromatic carbocycles. The highest BCUT2D eigenvalue weighted by Gasteiger charge is 2.46. The van der Waals surface area contributed by atoms with Gasteiger partial charge in [0.25, 0.3) is 0 Å². The van der Waals surface area contributed by atoms with E-state index in [-0.39, 0.29) is 0 Å². The monoisotopic (exact) mass is 851 g/mol. The Labute approximate surface area is 389 Å². The highest BCUT2D eigenvalue weighted by Crippen LogP contribution is 2.58. The van der Waals surface area contributed by atoms with Crippen molar-refractivity contribution in [2.24, 2.45) is 0 Å². The number of aromatic nitrogens is 3. The highest BCUT2D eigenvalue weighted by molar-refractivity contribution is 6.19. The molecule has 12 aromatic rings. The second-order valence-corrected chi connectivity index (χ2v) is 17.4. The average molecular weight is 852 g/mol. The van der Waals surface area contributed by atoms with Crippen LogP contribution in [0.25, 0.3) is 99.9 Å². The van der Waals surface area contributed by atoms with E-state index in [1.807, 2.05) is 12.1 Å². The zero-order chi connectivity index (χ0) is 44.3. The molecule has 0 fully saturated rings. The predicted octanol–water partition coefficient (Wildman–Crippen LogP) is 16.0. The van der Waals surface area contributed by atoms with Gasteiger partial charge < -0.3 is 0 Å². The molecule has 2 aromatic heterocycles. The van der Waals surface area contributed by atoms with Crippen LogP contribution in [0.5, 0.6) is 0 Å². The van der Waals surface area contributed by atoms with Crippen LogP contribution < -0.4 is 0 Å². The molecule has 1 aliphatic rings. The third kappa shape index (κ3) is 6.24. The lowest BCUT2D eigenvalue weighted by Gasteiger charge is -2.34. The number of hydrogen-bond donors (Lipinski definition) is 0. The molecular formula is C64H41N3. The number of benzene rings is 10. The van der Waals surface area contributed by atoms with E-state index in [0.717, 1.165) is 66.4 Å². The molecule has 0 saturated heterocycles. The van der Waals surface area contributed by atoms with Gasteiger partial charge in [-0.05, 0) is 73.8 Å². The lowest BCUT2D eigenvalue weighted by atomic mass is 9.67. The van der Waals surface area contributed by atoms with Crippen LogP contribution in [0, 0.1) is 0 Å². The zero-order valence-corrected chi connectivity index (χ0v) is 36.5. The van der Waals surface area contributed by atoms with Crippen LogP contribution in [0.2, 0.25) is 0 Å². The summed E-state index contributed by atoms with van der Waals surface area (Å²) in [6.45, 7) is 0. The maximum Gasteiger partial charge on any atom is 0.160 e. The number of nitrogens with zero attached hydrogens (tertiary/aromatic N) is 3. The summed E-state index contributed by atoms with van der Waals surface area (Å²) in [4.78, 5) is 15.8. The van der Waals surface area contributed by atoms with Crippen molar-refractivity contribution in [3.05, 3.63) is 271 Å². The van der Waals surface area contributed by atoms with Crippen LogP contribution in [0.15, 0.2) is 249 Å². The predicted molar refractivity (Wildman–Crippen MR) is 277 cm³/mol. The van der Waals surface area contributed by atoms with Crippen molar-refractivity contribution < 1.29 is 0 Å². The molecule has 67 heavy (non-hydrogen) atoms. The number of fused-ring (bicyclic) bond motifs is 8. The second kappa shape index (κ2) is 15.7. The summed E-state index contributed by atoms with van der Waals surface area (Å²) in [5.74, 6) is 0.698. The van der Waals surface area contributed by atoms with E-state index >= 15 is 0 Å². The molecule has 3 nitrogen and oxygen atoms in total. The number of hydrogen-bond acceptors (Lipinski definition) is 3. The van der Waals surface area contributed by atoms with Gasteiger partial charge in [0.1, 0.15) is 0 Å². The first-order chi connectivity index (χ1) is 33.2. The summed E-state index contributed by atoms with van der Waals surface area (Å²) in [6, 6.07) is 89.3. The molecule has 0 spiro atoms. The molecule has 0 amide bonds. The molecule has 0 unspecified atom stereocenters. The van der Waals surface area contributed by atoms with Gasteiger partial charge in [-0.3, -0.25) is 0 Å². The van der Waals surface area contributed by atoms with E-state index in [1.165, 1.54) is 49.9 Å². The van der Waals surface area contributed by atoms with Gasteiger partial charge in [0, 0.05) is 38.2 Å². The van der Waals surface area contributed by atoms with Gasteiger partial charge >= 0.3 is 0 Å². The first kappa shape index (κ1) is 38.6. The van der Waals surface area contributed by atoms with Crippen molar-refractivity contribution in [1.29, 1.82) is 0 Å². The van der Waals surface area contributed by atoms with Gasteiger partial charge in [-0.1, -0.05) is 231 Å². The largest absolute Gasteiger partial charge is 0.247 e. The summed E-state index contributed by atoms with van der Waals surface area (Å²) in [5.41, 5.74) is 18.6. The second-order valence-electron chi connectivity index (χ2n) is 17.4. The molecule has 1 aliphatic carbocycles. The van der Waals surface area contributed by atoms with Gasteiger partial charge in [0.05, 0.1) is 27.8 Å². The lowest BCUT2D eigenvalue weighted by molar-refractivity contribution is 0.769. The minimum atomic E-state index is -0.489. The van der Waals surface area contributed by atoms with Gasteiger partial charge in [-0.15, -0.1) is 0 Å². The topological polar surface area (TPSA) is 38.7 Å². The lowest BCUT2D eigenvalue weighted by Crippen LogP contribution is -2.28. The molecule has 3 heteroatoms. The molecule has 2 heterocycles. The first-order valence-electron chi connectivity index (χ1n) is 22.9. The minimum absolute atomic E-state index is 0.489. The zero-order valence-electron chi connectivity index (χ0n) is 36.5. The first-order valence-corrected chi connectivity index (χ1v) is 22.9. The van der Waals surface area contributed by atoms with Crippen LogP contribution in [-0.2, 0) is 5.41 Å². The molecule has 312 valence electrons. The molecule has 0 bridgehead atoms. The summed E-state index contributed by atoms with van der Waals surface area (Å²) < 4.78 is 0. The Kier molecular flexibility index (Phi) is 9.07. The summed E-state index contributed by atoms with van der Waals surface area (Å²) in [5, 5.41) is 4.55. The Balaban J connectivity index is 0.918. The van der Waals surface area contributed by atoms with Crippen molar-refractivity contribution in [2.45, 2.75) is 5.41 Å². The van der Waals surface area contributed by atoms with E-state index in [2.05, 4.69) is 237 Å². The van der Waals surface area contributed by atoms with Crippen molar-refractivity contribution in [3.63, 3.8) is 0 Å². The quantitative estimate of drug-likeness (QED) is 0.150. The molecular weight excluding hydrogens is 811 g/mol. The highest BCUT2D eigenvalue weighted by atomic mass is 14.9. The van der Waals surface area contributed by atoms with Crippen LogP contribution in [0.3, 0.4) is 0 Å². The Hall–Kier alpha value is -8.79. The van der Waals surface area contributed by atoms with Crippen molar-refractivity contribution >= 4 is 32.6 Å².